The summed E-state index contributed by atoms with van der Waals surface area (Å²) in [7, 11) is -6.61. The van der Waals surface area contributed by atoms with Crippen LogP contribution in [0.25, 0.3) is 88.4 Å². The van der Waals surface area contributed by atoms with E-state index >= 15 is 9.13 Å². The summed E-state index contributed by atoms with van der Waals surface area (Å²) in [5.74, 6) is 0. The van der Waals surface area contributed by atoms with E-state index < -0.39 is 14.3 Å². The summed E-state index contributed by atoms with van der Waals surface area (Å²) in [5.41, 5.74) is 12.7. The molecule has 2 atom stereocenters. The smallest absolute Gasteiger partial charge is 0.172 e. The van der Waals surface area contributed by atoms with Crippen LogP contribution in [0.3, 0.4) is 0 Å². The van der Waals surface area contributed by atoms with Crippen LogP contribution >= 0.6 is 14.3 Å². The Morgan fingerprint density at radius 1 is 0.273 bits per heavy atom. The third-order valence-corrected chi connectivity index (χ3v) is 20.3. The lowest BCUT2D eigenvalue weighted by atomic mass is 10.00. The monoisotopic (exact) mass is 880 g/mol. The number of fused-ring (bicyclic) bond motifs is 6. The zero-order chi connectivity index (χ0) is 43.7. The minimum Gasteiger partial charge on any atom is -0.309 e. The molecule has 0 amide bonds. The highest BCUT2D eigenvalue weighted by molar-refractivity contribution is 7.89. The second-order valence-electron chi connectivity index (χ2n) is 17.5. The van der Waals surface area contributed by atoms with Crippen molar-refractivity contribution in [2.45, 2.75) is 0 Å². The average Bonchev–Trinajstić information content (AvgIpc) is 4.07. The van der Waals surface area contributed by atoms with Gasteiger partial charge in [0.05, 0.1) is 22.1 Å². The highest BCUT2D eigenvalue weighted by Crippen LogP contribution is 2.61. The first kappa shape index (κ1) is 37.6. The summed E-state index contributed by atoms with van der Waals surface area (Å²) in [5, 5.41) is 9.49. The Labute approximate surface area is 381 Å². The first-order chi connectivity index (χ1) is 32.5. The maximum Gasteiger partial charge on any atom is 0.172 e. The Hall–Kier alpha value is -7.74. The van der Waals surface area contributed by atoms with Gasteiger partial charge in [-0.3, -0.25) is 0 Å². The van der Waals surface area contributed by atoms with Crippen molar-refractivity contribution in [3.05, 3.63) is 231 Å². The molecule has 14 rings (SSSR count). The lowest BCUT2D eigenvalue weighted by Gasteiger charge is -2.23. The van der Waals surface area contributed by atoms with Crippen molar-refractivity contribution >= 4 is 89.7 Å². The van der Waals surface area contributed by atoms with E-state index in [-0.39, 0.29) is 0 Å². The molecule has 0 N–H and O–H groups in total. The van der Waals surface area contributed by atoms with E-state index in [9.17, 15) is 0 Å². The summed E-state index contributed by atoms with van der Waals surface area (Å²) in [6.45, 7) is 0. The fraction of sp³-hybridized carbons (Fsp3) is 0. The molecule has 2 aromatic heterocycles. The van der Waals surface area contributed by atoms with E-state index in [0.29, 0.717) is 0 Å². The zero-order valence-corrected chi connectivity index (χ0v) is 37.3. The van der Waals surface area contributed by atoms with E-state index in [2.05, 4.69) is 161 Å². The van der Waals surface area contributed by atoms with Crippen LogP contribution in [0.4, 0.5) is 0 Å². The minimum absolute atomic E-state index is 0.773. The van der Waals surface area contributed by atoms with Crippen molar-refractivity contribution in [3.8, 4) is 44.8 Å². The number of hydrogen-bond donors (Lipinski definition) is 0. The van der Waals surface area contributed by atoms with Gasteiger partial charge in [-0.1, -0.05) is 158 Å². The molecule has 6 heteroatoms. The van der Waals surface area contributed by atoms with Crippen molar-refractivity contribution in [2.75, 3.05) is 0 Å². The third kappa shape index (κ3) is 5.06. The minimum atomic E-state index is -3.31. The molecular weight excluding hydrogens is 843 g/mol. The Kier molecular flexibility index (Phi) is 7.91. The molecule has 4 heterocycles. The number of hydrogen-bond acceptors (Lipinski definition) is 2. The van der Waals surface area contributed by atoms with Crippen LogP contribution in [0.2, 0.25) is 0 Å². The standard InChI is InChI=1S/C60H38N2O2P2/c63-65(45-20-6-2-7-21-45)55-28-15-29-56-59(55)60-57(65)37-42(38-58(60)66(56,64)46-22-8-3-9-23-46)39-16-14-19-44(34-39)62-52-27-13-11-25-48(52)50-36-41(31-33-54(50)62)40-30-32-53-49(35-40)47-24-10-12-26-51(47)61(53)43-17-4-1-5-18-43/h1-38H. The molecule has 310 valence electrons. The first-order valence-corrected chi connectivity index (χ1v) is 25.8. The quantitative estimate of drug-likeness (QED) is 0.156. The molecule has 0 spiro atoms. The van der Waals surface area contributed by atoms with Crippen molar-refractivity contribution < 1.29 is 9.13 Å². The van der Waals surface area contributed by atoms with E-state index in [4.69, 9.17) is 0 Å². The van der Waals surface area contributed by atoms with Gasteiger partial charge in [0.15, 0.2) is 14.3 Å². The van der Waals surface area contributed by atoms with Crippen LogP contribution in [0, 0.1) is 0 Å². The molecule has 0 radical (unpaired) electrons. The predicted molar refractivity (Wildman–Crippen MR) is 277 cm³/mol. The van der Waals surface area contributed by atoms with Crippen molar-refractivity contribution in [2.24, 2.45) is 0 Å². The van der Waals surface area contributed by atoms with Crippen molar-refractivity contribution in [1.29, 1.82) is 0 Å². The van der Waals surface area contributed by atoms with Gasteiger partial charge >= 0.3 is 0 Å². The molecule has 2 aliphatic rings. The van der Waals surface area contributed by atoms with Gasteiger partial charge in [-0.25, -0.2) is 0 Å². The number of para-hydroxylation sites is 3. The Balaban J connectivity index is 0.935. The van der Waals surface area contributed by atoms with Crippen molar-refractivity contribution in [3.63, 3.8) is 0 Å². The van der Waals surface area contributed by atoms with Gasteiger partial charge < -0.3 is 18.3 Å². The van der Waals surface area contributed by atoms with Crippen molar-refractivity contribution in [1.82, 2.24) is 9.13 Å². The van der Waals surface area contributed by atoms with E-state index in [0.717, 1.165) is 82.1 Å². The van der Waals surface area contributed by atoms with Gasteiger partial charge in [-0.05, 0) is 95.1 Å². The van der Waals surface area contributed by atoms with Crippen LogP contribution in [-0.4, -0.2) is 9.13 Å². The van der Waals surface area contributed by atoms with E-state index in [1.165, 1.54) is 38.1 Å². The SMILES string of the molecule is O=P1(c2ccccc2)c2cccc3c2-c2c1cc(-c1cccc(-n4c5ccccc5c5cc(-c6ccc7c(c6)c6ccccc6n7-c6ccccc6)ccc54)c1)cc2P3(=O)c1ccccc1. The molecule has 0 bridgehead atoms. The normalized spacial score (nSPS) is 17.0. The van der Waals surface area contributed by atoms with E-state index in [1.54, 1.807) is 0 Å². The number of aromatic nitrogens is 2. The molecular formula is C60H38N2O2P2. The molecule has 0 aliphatic carbocycles. The number of benzene rings is 10. The summed E-state index contributed by atoms with van der Waals surface area (Å²) in [6, 6.07) is 80.1. The van der Waals surface area contributed by atoms with Gasteiger partial charge in [-0.15, -0.1) is 0 Å². The van der Waals surface area contributed by atoms with Crippen LogP contribution in [0.1, 0.15) is 0 Å². The molecule has 66 heavy (non-hydrogen) atoms. The number of nitrogens with zero attached hydrogens (tertiary/aromatic N) is 2. The van der Waals surface area contributed by atoms with Crippen LogP contribution in [0.15, 0.2) is 231 Å². The van der Waals surface area contributed by atoms with Gasteiger partial charge in [0.1, 0.15) is 0 Å². The average molecular weight is 881 g/mol. The molecule has 0 saturated heterocycles. The highest BCUT2D eigenvalue weighted by atomic mass is 31.2. The van der Waals surface area contributed by atoms with E-state index in [1.807, 2.05) is 78.9 Å². The summed E-state index contributed by atoms with van der Waals surface area (Å²) in [6.07, 6.45) is 0. The largest absolute Gasteiger partial charge is 0.309 e. The molecule has 12 aromatic rings. The van der Waals surface area contributed by atoms with Crippen LogP contribution in [0.5, 0.6) is 0 Å². The maximum atomic E-state index is 15.9. The summed E-state index contributed by atoms with van der Waals surface area (Å²) >= 11 is 0. The second-order valence-corrected chi connectivity index (χ2v) is 22.9. The lowest BCUT2D eigenvalue weighted by molar-refractivity contribution is 0.592. The van der Waals surface area contributed by atoms with Crippen LogP contribution < -0.4 is 31.8 Å². The van der Waals surface area contributed by atoms with Gasteiger partial charge in [-0.2, -0.15) is 0 Å². The van der Waals surface area contributed by atoms with Crippen LogP contribution in [-0.2, 0) is 9.13 Å². The third-order valence-electron chi connectivity index (χ3n) is 14.1. The summed E-state index contributed by atoms with van der Waals surface area (Å²) in [4.78, 5) is 0. The molecule has 0 saturated carbocycles. The molecule has 4 nitrogen and oxygen atoms in total. The molecule has 0 fully saturated rings. The predicted octanol–water partition coefficient (Wildman–Crippen LogP) is 12.8. The number of rotatable bonds is 6. The Morgan fingerprint density at radius 2 is 0.682 bits per heavy atom. The Bertz CT molecular complexity index is 4010. The zero-order valence-electron chi connectivity index (χ0n) is 35.5. The Morgan fingerprint density at radius 3 is 1.23 bits per heavy atom. The highest BCUT2D eigenvalue weighted by Gasteiger charge is 2.52. The topological polar surface area (TPSA) is 44.0 Å². The first-order valence-electron chi connectivity index (χ1n) is 22.4. The second kappa shape index (κ2) is 13.9. The molecule has 2 unspecified atom stereocenters. The fourth-order valence-corrected chi connectivity index (χ4v) is 17.6. The van der Waals surface area contributed by atoms with Gasteiger partial charge in [0.25, 0.3) is 0 Å². The maximum absolute atomic E-state index is 15.9. The van der Waals surface area contributed by atoms with Gasteiger partial charge in [0, 0.05) is 75.9 Å². The van der Waals surface area contributed by atoms with Gasteiger partial charge in [0.2, 0.25) is 0 Å². The lowest BCUT2D eigenvalue weighted by Crippen LogP contribution is -2.28. The summed E-state index contributed by atoms with van der Waals surface area (Å²) < 4.78 is 36.6. The fourth-order valence-electron chi connectivity index (χ4n) is 11.2. The molecule has 2 aliphatic heterocycles. The molecule has 10 aromatic carbocycles.